The van der Waals surface area contributed by atoms with Gasteiger partial charge in [-0.05, 0) is 66.3 Å². The van der Waals surface area contributed by atoms with Crippen LogP contribution in [0.5, 0.6) is 11.5 Å². The number of para-hydroxylation sites is 1. The van der Waals surface area contributed by atoms with Gasteiger partial charge in [-0.3, -0.25) is 0 Å². The molecule has 4 aromatic rings. The minimum atomic E-state index is -0.467. The summed E-state index contributed by atoms with van der Waals surface area (Å²) in [5.74, 6) is 1.47. The molecule has 0 fully saturated rings. The molecule has 0 aliphatic carbocycles. The Labute approximate surface area is 214 Å². The van der Waals surface area contributed by atoms with E-state index in [9.17, 15) is 4.79 Å². The Morgan fingerprint density at radius 3 is 2.83 bits per heavy atom. The number of rotatable bonds is 5. The number of ether oxygens (including phenoxy) is 2. The first-order chi connectivity index (χ1) is 17.6. The molecule has 6 rings (SSSR count). The summed E-state index contributed by atoms with van der Waals surface area (Å²) < 4.78 is 18.9. The van der Waals surface area contributed by atoms with Crippen molar-refractivity contribution in [1.82, 2.24) is 14.6 Å². The molecule has 0 spiro atoms. The smallest absolute Gasteiger partial charge is 0.420 e. The summed E-state index contributed by atoms with van der Waals surface area (Å²) >= 11 is 1.09. The maximum Gasteiger partial charge on any atom is 0.420 e. The van der Waals surface area contributed by atoms with Gasteiger partial charge < -0.3 is 24.0 Å². The summed E-state index contributed by atoms with van der Waals surface area (Å²) in [5.41, 5.74) is 8.01. The number of nitrogens with one attached hydrogen (secondary N) is 2. The highest BCUT2D eigenvalue weighted by molar-refractivity contribution is 7.92. The molecule has 1 amide bonds. The highest BCUT2D eigenvalue weighted by atomic mass is 32.2. The molecular weight excluding hydrogens is 474 g/mol. The van der Waals surface area contributed by atoms with Crippen LogP contribution in [-0.2, 0) is 17.1 Å². The van der Waals surface area contributed by atoms with E-state index < -0.39 is 6.09 Å². The number of carbonyl (C=O) groups is 1. The van der Waals surface area contributed by atoms with Crippen LogP contribution in [0, 0.1) is 13.8 Å². The lowest BCUT2D eigenvalue weighted by atomic mass is 9.94. The van der Waals surface area contributed by atoms with Crippen LogP contribution in [0.25, 0.3) is 10.9 Å². The van der Waals surface area contributed by atoms with Crippen LogP contribution in [0.4, 0.5) is 4.79 Å². The van der Waals surface area contributed by atoms with Crippen molar-refractivity contribution in [3.8, 4) is 11.5 Å². The third-order valence-electron chi connectivity index (χ3n) is 6.92. The maximum absolute atomic E-state index is 12.6. The van der Waals surface area contributed by atoms with Crippen molar-refractivity contribution < 1.29 is 18.5 Å². The number of aryl methyl sites for hydroxylation is 2. The molecule has 1 atom stereocenters. The number of H-pyrrole nitrogens is 1. The zero-order valence-electron chi connectivity index (χ0n) is 20.2. The summed E-state index contributed by atoms with van der Waals surface area (Å²) in [4.78, 5) is 16.2. The minimum absolute atomic E-state index is 0.145. The van der Waals surface area contributed by atoms with Crippen LogP contribution in [-0.4, -0.2) is 28.7 Å². The fourth-order valence-electron chi connectivity index (χ4n) is 4.91. The van der Waals surface area contributed by atoms with Gasteiger partial charge in [-0.1, -0.05) is 42.5 Å². The standard InChI is InChI=1S/C28H27N3O4S/c1-17-7-8-19(13-18(17)2)15-29-28(32)35-36-31-12-11-22-21-5-3-4-6-23(21)30-26(22)27(31)20-9-10-24-25(14-20)34-16-33-24/h3-10,13-14,27,30H,11-12,15-16H2,1-2H3,(H,29,32)/t27-/m1/s1. The minimum Gasteiger partial charge on any atom is -0.454 e. The number of carbonyl (C=O) groups excluding carboxylic acids is 1. The van der Waals surface area contributed by atoms with Gasteiger partial charge in [-0.25, -0.2) is 9.10 Å². The molecular formula is C28H27N3O4S. The van der Waals surface area contributed by atoms with Crippen molar-refractivity contribution in [3.05, 3.63) is 94.2 Å². The SMILES string of the molecule is Cc1ccc(CNC(=O)OSN2CCc3c([nH]c4ccccc34)[C@H]2c2ccc3c(c2)OCO3)cc1C. The van der Waals surface area contributed by atoms with Crippen LogP contribution in [0.1, 0.15) is 39.6 Å². The highest BCUT2D eigenvalue weighted by Crippen LogP contribution is 2.44. The number of fused-ring (bicyclic) bond motifs is 4. The number of hydrogen-bond acceptors (Lipinski definition) is 6. The van der Waals surface area contributed by atoms with Gasteiger partial charge in [-0.2, -0.15) is 0 Å². The van der Waals surface area contributed by atoms with E-state index in [2.05, 4.69) is 58.8 Å². The van der Waals surface area contributed by atoms with Crippen molar-refractivity contribution in [2.75, 3.05) is 13.3 Å². The second-order valence-electron chi connectivity index (χ2n) is 9.19. The van der Waals surface area contributed by atoms with E-state index in [1.165, 1.54) is 22.1 Å². The number of hydrogen-bond donors (Lipinski definition) is 2. The molecule has 0 saturated carbocycles. The van der Waals surface area contributed by atoms with E-state index in [0.717, 1.165) is 59.0 Å². The molecule has 0 saturated heterocycles. The molecule has 184 valence electrons. The Kier molecular flexibility index (Phi) is 5.99. The average molecular weight is 502 g/mol. The van der Waals surface area contributed by atoms with Gasteiger partial charge in [0.15, 0.2) is 23.7 Å². The monoisotopic (exact) mass is 501 g/mol. The Morgan fingerprint density at radius 1 is 1.08 bits per heavy atom. The fraction of sp³-hybridized carbons (Fsp3) is 0.250. The maximum atomic E-state index is 12.6. The van der Waals surface area contributed by atoms with Crippen LogP contribution in [0.3, 0.4) is 0 Å². The molecule has 3 aromatic carbocycles. The van der Waals surface area contributed by atoms with Gasteiger partial charge in [0, 0.05) is 29.7 Å². The van der Waals surface area contributed by atoms with Crippen molar-refractivity contribution in [3.63, 3.8) is 0 Å². The van der Waals surface area contributed by atoms with Crippen LogP contribution >= 0.6 is 12.2 Å². The largest absolute Gasteiger partial charge is 0.454 e. The first kappa shape index (κ1) is 22.8. The van der Waals surface area contributed by atoms with Crippen molar-refractivity contribution in [2.45, 2.75) is 32.9 Å². The summed E-state index contributed by atoms with van der Waals surface area (Å²) in [6.07, 6.45) is 0.381. The van der Waals surface area contributed by atoms with Crippen LogP contribution < -0.4 is 14.8 Å². The molecule has 0 bridgehead atoms. The summed E-state index contributed by atoms with van der Waals surface area (Å²) in [6, 6.07) is 20.4. The Hall–Kier alpha value is -3.62. The van der Waals surface area contributed by atoms with E-state index in [1.54, 1.807) is 0 Å². The predicted octanol–water partition coefficient (Wildman–Crippen LogP) is 5.95. The van der Waals surface area contributed by atoms with Gasteiger partial charge in [-0.15, -0.1) is 0 Å². The zero-order valence-corrected chi connectivity index (χ0v) is 21.0. The van der Waals surface area contributed by atoms with Gasteiger partial charge in [0.1, 0.15) is 0 Å². The van der Waals surface area contributed by atoms with E-state index in [0.29, 0.717) is 6.54 Å². The number of aromatic amines is 1. The molecule has 7 nitrogen and oxygen atoms in total. The number of amides is 1. The highest BCUT2D eigenvalue weighted by Gasteiger charge is 2.34. The van der Waals surface area contributed by atoms with Crippen molar-refractivity contribution in [2.24, 2.45) is 0 Å². The van der Waals surface area contributed by atoms with E-state index in [1.807, 2.05) is 30.3 Å². The third kappa shape index (κ3) is 4.27. The van der Waals surface area contributed by atoms with Gasteiger partial charge in [0.2, 0.25) is 6.79 Å². The van der Waals surface area contributed by atoms with Crippen molar-refractivity contribution >= 4 is 29.2 Å². The van der Waals surface area contributed by atoms with E-state index >= 15 is 0 Å². The zero-order chi connectivity index (χ0) is 24.6. The summed E-state index contributed by atoms with van der Waals surface area (Å²) in [5, 5.41) is 4.09. The third-order valence-corrected chi connectivity index (χ3v) is 7.73. The molecule has 0 unspecified atom stereocenters. The van der Waals surface area contributed by atoms with E-state index in [4.69, 9.17) is 13.7 Å². The van der Waals surface area contributed by atoms with Crippen molar-refractivity contribution in [1.29, 1.82) is 0 Å². The molecule has 2 aliphatic rings. The molecule has 3 heterocycles. The number of benzene rings is 3. The summed E-state index contributed by atoms with van der Waals surface area (Å²) in [6.45, 7) is 5.51. The average Bonchev–Trinajstić information content (AvgIpc) is 3.51. The van der Waals surface area contributed by atoms with Crippen LogP contribution in [0.15, 0.2) is 60.7 Å². The lowest BCUT2D eigenvalue weighted by Gasteiger charge is -2.33. The van der Waals surface area contributed by atoms with Gasteiger partial charge >= 0.3 is 6.09 Å². The predicted molar refractivity (Wildman–Crippen MR) is 140 cm³/mol. The molecule has 8 heteroatoms. The Morgan fingerprint density at radius 2 is 1.94 bits per heavy atom. The summed E-state index contributed by atoms with van der Waals surface area (Å²) in [7, 11) is 0. The van der Waals surface area contributed by atoms with Gasteiger partial charge in [0.25, 0.3) is 0 Å². The Bertz CT molecular complexity index is 1450. The quantitative estimate of drug-likeness (QED) is 0.260. The number of aromatic nitrogens is 1. The number of nitrogens with zero attached hydrogens (tertiary/aromatic N) is 1. The second kappa shape index (κ2) is 9.44. The topological polar surface area (TPSA) is 75.8 Å². The Balaban J connectivity index is 1.23. The molecule has 2 aliphatic heterocycles. The molecule has 0 radical (unpaired) electrons. The molecule has 2 N–H and O–H groups in total. The lowest BCUT2D eigenvalue weighted by Crippen LogP contribution is -2.32. The van der Waals surface area contributed by atoms with Gasteiger partial charge in [0.05, 0.1) is 6.04 Å². The normalized spacial score (nSPS) is 16.7. The first-order valence-electron chi connectivity index (χ1n) is 12.0. The first-order valence-corrected chi connectivity index (χ1v) is 12.7. The van der Waals surface area contributed by atoms with Crippen LogP contribution in [0.2, 0.25) is 0 Å². The van der Waals surface area contributed by atoms with E-state index in [-0.39, 0.29) is 12.8 Å². The molecule has 1 aromatic heterocycles. The second-order valence-corrected chi connectivity index (χ2v) is 9.97. The molecule has 36 heavy (non-hydrogen) atoms. The fourth-order valence-corrected chi connectivity index (χ4v) is 5.62. The lowest BCUT2D eigenvalue weighted by molar-refractivity contribution is 0.174.